The van der Waals surface area contributed by atoms with Gasteiger partial charge in [-0.05, 0) is 116 Å². The predicted octanol–water partition coefficient (Wildman–Crippen LogP) is 8.97. The first-order chi connectivity index (χ1) is 31.9. The summed E-state index contributed by atoms with van der Waals surface area (Å²) in [5, 5.41) is 25.1. The number of benzene rings is 3. The Labute approximate surface area is 381 Å². The van der Waals surface area contributed by atoms with Crippen molar-refractivity contribution < 1.29 is 43.5 Å². The summed E-state index contributed by atoms with van der Waals surface area (Å²) in [6, 6.07) is 27.2. The highest BCUT2D eigenvalue weighted by Crippen LogP contribution is 2.62. The number of hydrogen-bond donors (Lipinski definition) is 2. The minimum Gasteiger partial charge on any atom is -0.487 e. The summed E-state index contributed by atoms with van der Waals surface area (Å²) in [6.07, 6.45) is 10.7. The lowest BCUT2D eigenvalue weighted by atomic mass is 9.55. The number of fused-ring (bicyclic) bond motifs is 3. The molecule has 1 amide bonds. The number of nitrogens with zero attached hydrogens (tertiary/aromatic N) is 3. The Balaban J connectivity index is 1.21. The van der Waals surface area contributed by atoms with Gasteiger partial charge in [0.1, 0.15) is 30.8 Å². The lowest BCUT2D eigenvalue weighted by Gasteiger charge is -2.60. The number of carbonyl (C=O) groups is 1. The van der Waals surface area contributed by atoms with E-state index in [0.29, 0.717) is 48.9 Å². The molecule has 3 aromatic carbocycles. The third kappa shape index (κ3) is 9.67. The summed E-state index contributed by atoms with van der Waals surface area (Å²) >= 11 is 0. The minimum atomic E-state index is -1.38. The van der Waals surface area contributed by atoms with Crippen LogP contribution in [0.4, 0.5) is 0 Å². The van der Waals surface area contributed by atoms with Crippen molar-refractivity contribution in [2.45, 2.75) is 102 Å². The molecule has 12 heteroatoms. The van der Waals surface area contributed by atoms with Crippen LogP contribution in [0, 0.1) is 30.6 Å². The van der Waals surface area contributed by atoms with Crippen molar-refractivity contribution in [3.8, 4) is 23.0 Å². The average molecular weight is 884 g/mol. The number of amides is 1. The summed E-state index contributed by atoms with van der Waals surface area (Å²) in [4.78, 5) is 28.0. The lowest BCUT2D eigenvalue weighted by molar-refractivity contribution is -0.258. The number of allylic oxidation sites excluding steroid dienone is 1. The molecule has 6 atom stereocenters. The molecule has 4 aromatic rings. The van der Waals surface area contributed by atoms with E-state index in [0.717, 1.165) is 77.9 Å². The number of aliphatic hydroxyl groups is 2. The second-order valence-electron chi connectivity index (χ2n) is 18.0. The van der Waals surface area contributed by atoms with Crippen LogP contribution in [-0.2, 0) is 34.1 Å². The number of aromatic nitrogens is 1. The van der Waals surface area contributed by atoms with Gasteiger partial charge in [-0.1, -0.05) is 72.6 Å². The van der Waals surface area contributed by atoms with Gasteiger partial charge in [0.25, 0.3) is 0 Å². The molecule has 5 aliphatic rings. The Hall–Kier alpha value is -5.69. The molecule has 0 radical (unpaired) electrons. The van der Waals surface area contributed by atoms with Crippen LogP contribution in [0.3, 0.4) is 0 Å². The summed E-state index contributed by atoms with van der Waals surface area (Å²) in [5.74, 6) is 0.770. The molecule has 12 nitrogen and oxygen atoms in total. The van der Waals surface area contributed by atoms with Gasteiger partial charge in [0, 0.05) is 49.3 Å². The summed E-state index contributed by atoms with van der Waals surface area (Å²) in [6.45, 7) is 7.46. The fourth-order valence-corrected chi connectivity index (χ4v) is 10.5. The van der Waals surface area contributed by atoms with Gasteiger partial charge < -0.3 is 43.6 Å². The second-order valence-corrected chi connectivity index (χ2v) is 18.0. The SMILES string of the molecule is C=CCOC12Oc3ccc(OCc4cccc(C)n4)cc3C3C(CCCCO)C(CCCCO)C=C(C(=NOCc4ccccc4)CC1N(Cc1ccc4c(c1)OCO4)C(=O)C1CC1)C32. The van der Waals surface area contributed by atoms with Gasteiger partial charge in [0.2, 0.25) is 18.5 Å². The highest BCUT2D eigenvalue weighted by Gasteiger charge is 2.66. The van der Waals surface area contributed by atoms with Crippen LogP contribution in [0.1, 0.15) is 91.8 Å². The van der Waals surface area contributed by atoms with Crippen LogP contribution in [0.15, 0.2) is 114 Å². The first-order valence-corrected chi connectivity index (χ1v) is 23.4. The third-order valence-electron chi connectivity index (χ3n) is 13.6. The monoisotopic (exact) mass is 883 g/mol. The molecule has 65 heavy (non-hydrogen) atoms. The van der Waals surface area contributed by atoms with E-state index in [1.807, 2.05) is 90.7 Å². The zero-order valence-corrected chi connectivity index (χ0v) is 37.3. The second kappa shape index (κ2) is 20.2. The van der Waals surface area contributed by atoms with Gasteiger partial charge in [0.15, 0.2) is 11.5 Å². The van der Waals surface area contributed by atoms with Gasteiger partial charge >= 0.3 is 0 Å². The standard InChI is InChI=1S/C53H61N3O9/c1-3-26-63-53-49(56(52(59)38-19-20-38)31-37-18-22-47-48(27-37)62-34-61-47)30-45(55-64-32-36-13-5-4-6-14-36)43-28-39(15-7-9-24-57)42(17-8-10-25-58)50(51(43)53)44-29-41(21-23-46(44)65-53)60-33-40-16-11-12-35(2)54-40/h3-6,11-14,16,18,21-23,27-29,38-39,42,49-51,57-58H,1,7-10,15,17,19-20,24-26,30-34H2,2H3. The van der Waals surface area contributed by atoms with E-state index in [1.54, 1.807) is 6.08 Å². The number of ether oxygens (including phenoxy) is 5. The Kier molecular flexibility index (Phi) is 13.8. The number of rotatable bonds is 21. The molecule has 0 saturated heterocycles. The van der Waals surface area contributed by atoms with E-state index in [4.69, 9.17) is 33.7 Å². The van der Waals surface area contributed by atoms with Crippen molar-refractivity contribution in [1.29, 1.82) is 0 Å². The topological polar surface area (TPSA) is 141 Å². The van der Waals surface area contributed by atoms with Crippen LogP contribution in [-0.4, -0.2) is 70.2 Å². The van der Waals surface area contributed by atoms with E-state index < -0.39 is 17.7 Å². The zero-order valence-electron chi connectivity index (χ0n) is 37.3. The minimum absolute atomic E-state index is 0.0443. The van der Waals surface area contributed by atoms with E-state index >= 15 is 4.79 Å². The zero-order chi connectivity index (χ0) is 44.8. The molecule has 2 fully saturated rings. The maximum Gasteiger partial charge on any atom is 0.239 e. The predicted molar refractivity (Wildman–Crippen MR) is 245 cm³/mol. The van der Waals surface area contributed by atoms with Crippen LogP contribution < -0.4 is 18.9 Å². The first kappa shape index (κ1) is 44.5. The molecule has 2 N–H and O–H groups in total. The number of hydrogen-bond acceptors (Lipinski definition) is 11. The highest BCUT2D eigenvalue weighted by molar-refractivity contribution is 6.03. The number of oxime groups is 1. The maximum atomic E-state index is 15.0. The van der Waals surface area contributed by atoms with Crippen LogP contribution in [0.25, 0.3) is 0 Å². The van der Waals surface area contributed by atoms with Crippen molar-refractivity contribution in [1.82, 2.24) is 9.88 Å². The maximum absolute atomic E-state index is 15.0. The molecule has 1 aromatic heterocycles. The Morgan fingerprint density at radius 3 is 2.49 bits per heavy atom. The quantitative estimate of drug-likeness (QED) is 0.0473. The molecule has 2 aliphatic heterocycles. The summed E-state index contributed by atoms with van der Waals surface area (Å²) in [7, 11) is 0. The molecular weight excluding hydrogens is 823 g/mol. The van der Waals surface area contributed by atoms with Crippen LogP contribution in [0.5, 0.6) is 23.0 Å². The van der Waals surface area contributed by atoms with Crippen molar-refractivity contribution in [3.63, 3.8) is 0 Å². The van der Waals surface area contributed by atoms with E-state index in [1.165, 1.54) is 0 Å². The van der Waals surface area contributed by atoms with Gasteiger partial charge in [-0.25, -0.2) is 0 Å². The third-order valence-corrected chi connectivity index (χ3v) is 13.6. The van der Waals surface area contributed by atoms with E-state index in [9.17, 15) is 10.2 Å². The van der Waals surface area contributed by atoms with Crippen molar-refractivity contribution in [2.24, 2.45) is 28.8 Å². The lowest BCUT2D eigenvalue weighted by Crippen LogP contribution is -2.70. The first-order valence-electron chi connectivity index (χ1n) is 23.4. The van der Waals surface area contributed by atoms with Gasteiger partial charge in [-0.15, -0.1) is 6.58 Å². The van der Waals surface area contributed by atoms with Crippen molar-refractivity contribution in [3.05, 3.63) is 137 Å². The molecule has 2 saturated carbocycles. The summed E-state index contributed by atoms with van der Waals surface area (Å²) < 4.78 is 32.7. The number of aryl methyl sites for hydroxylation is 1. The highest BCUT2D eigenvalue weighted by atomic mass is 16.7. The fraction of sp³-hybridized carbons (Fsp3) is 0.453. The number of pyridine rings is 1. The number of unbranched alkanes of at least 4 members (excludes halogenated alkanes) is 2. The van der Waals surface area contributed by atoms with Gasteiger partial charge in [-0.3, -0.25) is 9.78 Å². The molecule has 3 heterocycles. The molecule has 6 unspecified atom stereocenters. The van der Waals surface area contributed by atoms with E-state index in [-0.39, 0.29) is 69.3 Å². The normalized spacial score (nSPS) is 24.3. The van der Waals surface area contributed by atoms with E-state index in [2.05, 4.69) is 23.7 Å². The largest absolute Gasteiger partial charge is 0.487 e. The van der Waals surface area contributed by atoms with Crippen LogP contribution in [0.2, 0.25) is 0 Å². The Morgan fingerprint density at radius 2 is 1.71 bits per heavy atom. The molecule has 0 bridgehead atoms. The molecule has 0 spiro atoms. The average Bonchev–Trinajstić information content (AvgIpc) is 4.07. The number of aliphatic hydroxyl groups excluding tert-OH is 2. The van der Waals surface area contributed by atoms with Gasteiger partial charge in [0.05, 0.1) is 23.9 Å². The molecule has 342 valence electrons. The van der Waals surface area contributed by atoms with Gasteiger partial charge in [-0.2, -0.15) is 0 Å². The number of carbonyl (C=O) groups excluding carboxylic acids is 1. The van der Waals surface area contributed by atoms with Crippen LogP contribution >= 0.6 is 0 Å². The summed E-state index contributed by atoms with van der Waals surface area (Å²) in [5.41, 5.74) is 6.38. The fourth-order valence-electron chi connectivity index (χ4n) is 10.5. The molecule has 3 aliphatic carbocycles. The molecular formula is C53H61N3O9. The van der Waals surface area contributed by atoms with Crippen molar-refractivity contribution >= 4 is 11.6 Å². The molecule has 9 rings (SSSR count). The van der Waals surface area contributed by atoms with Crippen molar-refractivity contribution in [2.75, 3.05) is 26.6 Å². The Bertz CT molecular complexity index is 2370. The smallest absolute Gasteiger partial charge is 0.239 e. The Morgan fingerprint density at radius 1 is 0.908 bits per heavy atom.